The van der Waals surface area contributed by atoms with E-state index in [2.05, 4.69) is 4.74 Å². The molecule has 0 aromatic carbocycles. The fraction of sp³-hybridized carbons (Fsp3) is 0.500. The van der Waals surface area contributed by atoms with Gasteiger partial charge in [-0.2, -0.15) is 4.39 Å². The molecular weight excluding hydrogens is 137 g/mol. The average Bonchev–Trinajstić information content (AvgIpc) is 1.89. The minimum atomic E-state index is -0.951. The topological polar surface area (TPSA) is 52.3 Å². The largest absolute Gasteiger partial charge is 0.461 e. The lowest BCUT2D eigenvalue weighted by Crippen LogP contribution is -2.06. The molecular formula is C6H10FNO2. The van der Waals surface area contributed by atoms with Crippen LogP contribution in [0.5, 0.6) is 0 Å². The van der Waals surface area contributed by atoms with Gasteiger partial charge in [0.15, 0.2) is 0 Å². The maximum absolute atomic E-state index is 12.3. The number of ether oxygens (including phenoxy) is 1. The summed E-state index contributed by atoms with van der Waals surface area (Å²) in [6, 6.07) is 0. The zero-order valence-electron chi connectivity index (χ0n) is 5.76. The van der Waals surface area contributed by atoms with E-state index >= 15 is 0 Å². The minimum absolute atomic E-state index is 0.00461. The molecule has 0 bridgehead atoms. The van der Waals surface area contributed by atoms with Gasteiger partial charge in [-0.25, -0.2) is 4.79 Å². The first-order chi connectivity index (χ1) is 4.72. The maximum atomic E-state index is 12.3. The summed E-state index contributed by atoms with van der Waals surface area (Å²) < 4.78 is 16.6. The average molecular weight is 147 g/mol. The molecule has 4 heteroatoms. The zero-order valence-corrected chi connectivity index (χ0v) is 5.76. The van der Waals surface area contributed by atoms with E-state index in [0.717, 1.165) is 6.08 Å². The Balaban J connectivity index is 3.82. The standard InChI is InChI=1S/C6H10FNO2/c1-2-10-6(9)5(7)3-4-8/h3H,2,4,8H2,1H3/b5-3-. The molecule has 58 valence electrons. The number of nitrogens with two attached hydrogens (primary N) is 1. The third-order valence-electron chi connectivity index (χ3n) is 0.767. The smallest absolute Gasteiger partial charge is 0.366 e. The summed E-state index contributed by atoms with van der Waals surface area (Å²) in [5.74, 6) is -1.88. The molecule has 0 radical (unpaired) electrons. The molecule has 0 aromatic heterocycles. The van der Waals surface area contributed by atoms with Crippen molar-refractivity contribution < 1.29 is 13.9 Å². The van der Waals surface area contributed by atoms with Crippen molar-refractivity contribution in [2.24, 2.45) is 5.73 Å². The van der Waals surface area contributed by atoms with E-state index in [0.29, 0.717) is 0 Å². The molecule has 0 spiro atoms. The highest BCUT2D eigenvalue weighted by molar-refractivity contribution is 5.85. The molecule has 0 aromatic rings. The van der Waals surface area contributed by atoms with Gasteiger partial charge in [0.2, 0.25) is 5.83 Å². The van der Waals surface area contributed by atoms with Gasteiger partial charge in [-0.3, -0.25) is 0 Å². The van der Waals surface area contributed by atoms with E-state index in [9.17, 15) is 9.18 Å². The number of esters is 1. The molecule has 0 rings (SSSR count). The van der Waals surface area contributed by atoms with E-state index in [4.69, 9.17) is 5.73 Å². The summed E-state index contributed by atoms with van der Waals surface area (Å²) in [5.41, 5.74) is 4.94. The third kappa shape index (κ3) is 3.19. The third-order valence-corrected chi connectivity index (χ3v) is 0.767. The van der Waals surface area contributed by atoms with Crippen LogP contribution >= 0.6 is 0 Å². The van der Waals surface area contributed by atoms with Gasteiger partial charge >= 0.3 is 5.97 Å². The van der Waals surface area contributed by atoms with E-state index in [1.165, 1.54) is 0 Å². The molecule has 3 nitrogen and oxygen atoms in total. The van der Waals surface area contributed by atoms with Gasteiger partial charge in [0.05, 0.1) is 6.61 Å². The monoisotopic (exact) mass is 147 g/mol. The van der Waals surface area contributed by atoms with Crippen molar-refractivity contribution in [1.29, 1.82) is 0 Å². The quantitative estimate of drug-likeness (QED) is 0.463. The van der Waals surface area contributed by atoms with Gasteiger partial charge in [-0.15, -0.1) is 0 Å². The SMILES string of the molecule is CCOC(=O)/C(F)=C/CN. The van der Waals surface area contributed by atoms with Crippen molar-refractivity contribution in [3.8, 4) is 0 Å². The predicted octanol–water partition coefficient (Wildman–Crippen LogP) is 0.362. The lowest BCUT2D eigenvalue weighted by Gasteiger charge is -1.96. The summed E-state index contributed by atoms with van der Waals surface area (Å²) >= 11 is 0. The maximum Gasteiger partial charge on any atom is 0.366 e. The molecule has 0 heterocycles. The molecule has 0 unspecified atom stereocenters. The summed E-state index contributed by atoms with van der Waals surface area (Å²) in [6.45, 7) is 1.78. The zero-order chi connectivity index (χ0) is 7.98. The van der Waals surface area contributed by atoms with E-state index < -0.39 is 11.8 Å². The Morgan fingerprint density at radius 2 is 2.40 bits per heavy atom. The summed E-state index contributed by atoms with van der Waals surface area (Å²) in [5, 5.41) is 0. The highest BCUT2D eigenvalue weighted by atomic mass is 19.1. The lowest BCUT2D eigenvalue weighted by atomic mass is 10.5. The van der Waals surface area contributed by atoms with Crippen LogP contribution in [0.25, 0.3) is 0 Å². The van der Waals surface area contributed by atoms with Crippen molar-refractivity contribution >= 4 is 5.97 Å². The van der Waals surface area contributed by atoms with Crippen LogP contribution in [0.3, 0.4) is 0 Å². The fourth-order valence-corrected chi connectivity index (χ4v) is 0.387. The van der Waals surface area contributed by atoms with Crippen LogP contribution in [0, 0.1) is 0 Å². The fourth-order valence-electron chi connectivity index (χ4n) is 0.387. The molecule has 0 aliphatic rings. The summed E-state index contributed by atoms with van der Waals surface area (Å²) in [6.07, 6.45) is 0.970. The van der Waals surface area contributed by atoms with Gasteiger partial charge in [0.1, 0.15) is 0 Å². The Kier molecular flexibility index (Phi) is 4.49. The number of carbonyl (C=O) groups is 1. The molecule has 0 fully saturated rings. The number of halogens is 1. The first kappa shape index (κ1) is 9.10. The second kappa shape index (κ2) is 4.93. The number of rotatable bonds is 3. The van der Waals surface area contributed by atoms with Crippen LogP contribution in [0.2, 0.25) is 0 Å². The van der Waals surface area contributed by atoms with Crippen molar-refractivity contribution in [3.05, 3.63) is 11.9 Å². The molecule has 0 aliphatic carbocycles. The molecule has 0 atom stereocenters. The van der Waals surface area contributed by atoms with Crippen LogP contribution < -0.4 is 5.73 Å². The molecule has 0 aliphatic heterocycles. The van der Waals surface area contributed by atoms with Crippen LogP contribution in [-0.2, 0) is 9.53 Å². The summed E-state index contributed by atoms with van der Waals surface area (Å²) in [4.78, 5) is 10.4. The molecule has 10 heavy (non-hydrogen) atoms. The van der Waals surface area contributed by atoms with E-state index in [1.807, 2.05) is 0 Å². The van der Waals surface area contributed by atoms with Crippen LogP contribution in [0.1, 0.15) is 6.92 Å². The number of hydrogen-bond acceptors (Lipinski definition) is 3. The molecule has 0 saturated carbocycles. The van der Waals surface area contributed by atoms with Gasteiger partial charge in [-0.1, -0.05) is 0 Å². The Morgan fingerprint density at radius 1 is 1.80 bits per heavy atom. The Hall–Kier alpha value is -0.900. The highest BCUT2D eigenvalue weighted by Gasteiger charge is 2.06. The van der Waals surface area contributed by atoms with Gasteiger partial charge < -0.3 is 10.5 Å². The van der Waals surface area contributed by atoms with Crippen molar-refractivity contribution in [1.82, 2.24) is 0 Å². The van der Waals surface area contributed by atoms with Crippen molar-refractivity contribution in [2.75, 3.05) is 13.2 Å². The van der Waals surface area contributed by atoms with Crippen LogP contribution in [0.15, 0.2) is 11.9 Å². The summed E-state index contributed by atoms with van der Waals surface area (Å²) in [7, 11) is 0. The molecule has 2 N–H and O–H groups in total. The Morgan fingerprint density at radius 3 is 2.80 bits per heavy atom. The highest BCUT2D eigenvalue weighted by Crippen LogP contribution is 1.97. The lowest BCUT2D eigenvalue weighted by molar-refractivity contribution is -0.140. The van der Waals surface area contributed by atoms with Gasteiger partial charge in [0.25, 0.3) is 0 Å². The number of hydrogen-bond donors (Lipinski definition) is 1. The normalized spacial score (nSPS) is 11.3. The Labute approximate surface area is 58.7 Å². The van der Waals surface area contributed by atoms with Crippen LogP contribution in [0.4, 0.5) is 4.39 Å². The van der Waals surface area contributed by atoms with Crippen molar-refractivity contribution in [3.63, 3.8) is 0 Å². The Bertz CT molecular complexity index is 145. The first-order valence-corrected chi connectivity index (χ1v) is 2.95. The molecule has 0 saturated heterocycles. The number of carbonyl (C=O) groups excluding carboxylic acids is 1. The predicted molar refractivity (Wildman–Crippen MR) is 34.9 cm³/mol. The van der Waals surface area contributed by atoms with Gasteiger partial charge in [0, 0.05) is 6.54 Å². The first-order valence-electron chi connectivity index (χ1n) is 2.95. The van der Waals surface area contributed by atoms with Crippen molar-refractivity contribution in [2.45, 2.75) is 6.92 Å². The molecule has 0 amide bonds. The van der Waals surface area contributed by atoms with E-state index in [-0.39, 0.29) is 13.2 Å². The van der Waals surface area contributed by atoms with Gasteiger partial charge in [-0.05, 0) is 13.0 Å². The second-order valence-electron chi connectivity index (χ2n) is 1.51. The minimum Gasteiger partial charge on any atom is -0.461 e. The van der Waals surface area contributed by atoms with E-state index in [1.54, 1.807) is 6.92 Å². The second-order valence-corrected chi connectivity index (χ2v) is 1.51. The van der Waals surface area contributed by atoms with Crippen LogP contribution in [-0.4, -0.2) is 19.1 Å².